The molecule has 182 valence electrons. The minimum Gasteiger partial charge on any atom is -0.383 e. The number of likely N-dealkylation sites (tertiary alicyclic amines) is 1. The van der Waals surface area contributed by atoms with Crippen LogP contribution in [0.2, 0.25) is 0 Å². The van der Waals surface area contributed by atoms with Crippen LogP contribution in [-0.2, 0) is 43.9 Å². The number of fused-ring (bicyclic) bond motifs is 1. The van der Waals surface area contributed by atoms with Crippen molar-refractivity contribution in [3.8, 4) is 0 Å². The molecule has 1 atom stereocenters. The molecule has 2 heterocycles. The van der Waals surface area contributed by atoms with Crippen LogP contribution in [0.1, 0.15) is 54.6 Å². The molecule has 8 nitrogen and oxygen atoms in total. The fourth-order valence-electron chi connectivity index (χ4n) is 5.07. The van der Waals surface area contributed by atoms with E-state index in [0.717, 1.165) is 48.4 Å². The lowest BCUT2D eigenvalue weighted by atomic mass is 9.75. The van der Waals surface area contributed by atoms with E-state index in [-0.39, 0.29) is 44.0 Å². The Hall–Kier alpha value is -3.07. The van der Waals surface area contributed by atoms with Gasteiger partial charge in [0.1, 0.15) is 5.82 Å². The zero-order valence-electron chi connectivity index (χ0n) is 19.7. The Bertz CT molecular complexity index is 1080. The molecule has 1 aromatic carbocycles. The number of aromatic amines is 1. The van der Waals surface area contributed by atoms with Crippen molar-refractivity contribution in [3.05, 3.63) is 52.6 Å². The molecule has 4 rings (SSSR count). The summed E-state index contributed by atoms with van der Waals surface area (Å²) in [4.78, 5) is 42.3. The molecule has 3 amide bonds. The summed E-state index contributed by atoms with van der Waals surface area (Å²) in [7, 11) is 3.13. The zero-order chi connectivity index (χ0) is 24.3. The van der Waals surface area contributed by atoms with Crippen molar-refractivity contribution in [2.45, 2.75) is 56.9 Å². The van der Waals surface area contributed by atoms with Gasteiger partial charge in [0, 0.05) is 38.3 Å². The first kappa shape index (κ1) is 24.1. The third-order valence-electron chi connectivity index (χ3n) is 6.97. The van der Waals surface area contributed by atoms with Gasteiger partial charge in [-0.15, -0.1) is 0 Å². The molecular weight excluding hydrogens is 439 g/mol. The molecule has 1 aromatic heterocycles. The Morgan fingerprint density at radius 3 is 2.76 bits per heavy atom. The summed E-state index contributed by atoms with van der Waals surface area (Å²) in [5.41, 5.74) is 1.61. The topological polar surface area (TPSA) is 95.6 Å². The van der Waals surface area contributed by atoms with Gasteiger partial charge >= 0.3 is 0 Å². The largest absolute Gasteiger partial charge is 0.383 e. The van der Waals surface area contributed by atoms with E-state index in [2.05, 4.69) is 10.2 Å². The minimum atomic E-state index is -1.58. The van der Waals surface area contributed by atoms with Crippen LogP contribution in [0, 0.1) is 5.82 Å². The third-order valence-corrected chi connectivity index (χ3v) is 6.97. The molecule has 0 radical (unpaired) electrons. The Morgan fingerprint density at radius 2 is 2.00 bits per heavy atom. The van der Waals surface area contributed by atoms with Crippen LogP contribution < -0.4 is 0 Å². The van der Waals surface area contributed by atoms with Gasteiger partial charge in [0.15, 0.2) is 0 Å². The maximum atomic E-state index is 14.9. The Labute approximate surface area is 198 Å². The lowest BCUT2D eigenvalue weighted by molar-refractivity contribution is -0.143. The number of carbonyl (C=O) groups excluding carboxylic acids is 3. The van der Waals surface area contributed by atoms with Crippen LogP contribution in [0.25, 0.3) is 0 Å². The summed E-state index contributed by atoms with van der Waals surface area (Å²) in [5, 5.41) is 7.54. The molecule has 34 heavy (non-hydrogen) atoms. The highest BCUT2D eigenvalue weighted by molar-refractivity contribution is 6.10. The first-order valence-electron chi connectivity index (χ1n) is 11.7. The van der Waals surface area contributed by atoms with Crippen LogP contribution in [-0.4, -0.2) is 65.0 Å². The van der Waals surface area contributed by atoms with Crippen LogP contribution in [0.15, 0.2) is 24.3 Å². The van der Waals surface area contributed by atoms with Crippen molar-refractivity contribution in [2.75, 3.05) is 27.3 Å². The number of halogens is 1. The van der Waals surface area contributed by atoms with Crippen molar-refractivity contribution >= 4 is 17.7 Å². The van der Waals surface area contributed by atoms with E-state index < -0.39 is 23.0 Å². The summed E-state index contributed by atoms with van der Waals surface area (Å²) >= 11 is 0. The Kier molecular flexibility index (Phi) is 7.11. The highest BCUT2D eigenvalue weighted by Gasteiger charge is 2.54. The number of hydrogen-bond acceptors (Lipinski definition) is 5. The first-order chi connectivity index (χ1) is 16.4. The van der Waals surface area contributed by atoms with Crippen molar-refractivity contribution < 1.29 is 23.5 Å². The van der Waals surface area contributed by atoms with Crippen LogP contribution >= 0.6 is 0 Å². The second-order valence-corrected chi connectivity index (χ2v) is 9.20. The smallest absolute Gasteiger partial charge is 0.241 e. The first-order valence-corrected chi connectivity index (χ1v) is 11.7. The molecule has 0 unspecified atom stereocenters. The normalized spacial score (nSPS) is 20.4. The molecule has 1 aliphatic heterocycles. The number of aryl methyl sites for hydroxylation is 1. The maximum Gasteiger partial charge on any atom is 0.241 e. The molecule has 0 saturated carbocycles. The van der Waals surface area contributed by atoms with Gasteiger partial charge in [0.05, 0.1) is 30.8 Å². The van der Waals surface area contributed by atoms with E-state index in [9.17, 15) is 18.8 Å². The minimum absolute atomic E-state index is 0.0633. The number of amides is 3. The van der Waals surface area contributed by atoms with Crippen molar-refractivity contribution in [2.24, 2.45) is 0 Å². The van der Waals surface area contributed by atoms with Crippen LogP contribution in [0.4, 0.5) is 4.39 Å². The summed E-state index contributed by atoms with van der Waals surface area (Å²) in [6.07, 6.45) is 4.68. The van der Waals surface area contributed by atoms with E-state index in [1.807, 2.05) is 0 Å². The quantitative estimate of drug-likeness (QED) is 0.473. The highest BCUT2D eigenvalue weighted by atomic mass is 19.1. The van der Waals surface area contributed by atoms with Crippen molar-refractivity contribution in [1.29, 1.82) is 0 Å². The van der Waals surface area contributed by atoms with E-state index >= 15 is 0 Å². The number of benzene rings is 1. The van der Waals surface area contributed by atoms with Gasteiger partial charge in [-0.25, -0.2) is 4.39 Å². The molecule has 1 fully saturated rings. The zero-order valence-corrected chi connectivity index (χ0v) is 19.7. The number of ether oxygens (including phenoxy) is 1. The fourth-order valence-corrected chi connectivity index (χ4v) is 5.07. The Balaban J connectivity index is 1.59. The van der Waals surface area contributed by atoms with E-state index in [4.69, 9.17) is 4.74 Å². The van der Waals surface area contributed by atoms with Gasteiger partial charge in [-0.3, -0.25) is 24.4 Å². The van der Waals surface area contributed by atoms with Gasteiger partial charge in [0.25, 0.3) is 0 Å². The molecular formula is C25H31FN4O4. The van der Waals surface area contributed by atoms with Gasteiger partial charge in [-0.1, -0.05) is 24.6 Å². The summed E-state index contributed by atoms with van der Waals surface area (Å²) in [5.74, 6) is -1.94. The lowest BCUT2D eigenvalue weighted by Crippen LogP contribution is -2.44. The predicted octanol–water partition coefficient (Wildman–Crippen LogP) is 2.51. The molecule has 1 aliphatic carbocycles. The van der Waals surface area contributed by atoms with E-state index in [1.165, 1.54) is 35.8 Å². The van der Waals surface area contributed by atoms with Crippen molar-refractivity contribution in [3.63, 3.8) is 0 Å². The molecule has 0 bridgehead atoms. The van der Waals surface area contributed by atoms with Gasteiger partial charge in [0.2, 0.25) is 17.7 Å². The number of nitrogens with zero attached hydrogens (tertiary/aromatic N) is 3. The number of nitrogens with one attached hydrogen (secondary N) is 1. The van der Waals surface area contributed by atoms with E-state index in [0.29, 0.717) is 0 Å². The monoisotopic (exact) mass is 470 g/mol. The number of H-pyrrole nitrogens is 1. The maximum absolute atomic E-state index is 14.9. The van der Waals surface area contributed by atoms with Gasteiger partial charge in [-0.2, -0.15) is 5.10 Å². The Morgan fingerprint density at radius 1 is 1.24 bits per heavy atom. The third kappa shape index (κ3) is 4.49. The summed E-state index contributed by atoms with van der Waals surface area (Å²) in [6.45, 7) is 0.518. The average molecular weight is 471 g/mol. The molecule has 1 N–H and O–H groups in total. The molecule has 0 spiro atoms. The molecule has 2 aromatic rings. The fraction of sp³-hybridized carbons (Fsp3) is 0.520. The molecule has 9 heteroatoms. The number of methoxy groups -OCH3 is 1. The average Bonchev–Trinajstić information content (AvgIpc) is 3.18. The number of rotatable bonds is 8. The summed E-state index contributed by atoms with van der Waals surface area (Å²) in [6, 6.07) is 5.87. The van der Waals surface area contributed by atoms with Crippen molar-refractivity contribution in [1.82, 2.24) is 20.0 Å². The van der Waals surface area contributed by atoms with E-state index in [1.54, 1.807) is 13.1 Å². The number of hydrogen-bond donors (Lipinski definition) is 1. The van der Waals surface area contributed by atoms with Gasteiger partial charge in [-0.05, 0) is 37.3 Å². The molecule has 1 saturated heterocycles. The second kappa shape index (κ2) is 10.0. The highest BCUT2D eigenvalue weighted by Crippen LogP contribution is 2.41. The number of imide groups is 1. The number of carbonyl (C=O) groups is 3. The predicted molar refractivity (Wildman–Crippen MR) is 122 cm³/mol. The van der Waals surface area contributed by atoms with Crippen LogP contribution in [0.5, 0.6) is 0 Å². The number of aromatic nitrogens is 2. The van der Waals surface area contributed by atoms with Gasteiger partial charge < -0.3 is 9.64 Å². The molecule has 2 aliphatic rings. The SMILES string of the molecule is COCCN1C(=O)C[C@](CC(=O)N(C)Cc2n[nH]c3c2CCCCC3)(c2ccccc2F)C1=O. The lowest BCUT2D eigenvalue weighted by Gasteiger charge is -2.29. The summed E-state index contributed by atoms with van der Waals surface area (Å²) < 4.78 is 19.9. The second-order valence-electron chi connectivity index (χ2n) is 9.20. The van der Waals surface area contributed by atoms with Crippen LogP contribution in [0.3, 0.4) is 0 Å². The standard InChI is InChI=1S/C25H31FN4O4/c1-29(16-21-17-8-4-3-5-11-20(17)27-28-21)22(31)14-25(18-9-6-7-10-19(18)26)15-23(32)30(24(25)33)12-13-34-2/h6-7,9-10H,3-5,8,11-16H2,1-2H3,(H,27,28)/t25-/m1/s1.